The van der Waals surface area contributed by atoms with Gasteiger partial charge in [-0.05, 0) is 5.53 Å². The van der Waals surface area contributed by atoms with E-state index in [4.69, 9.17) is 34.7 Å². The van der Waals surface area contributed by atoms with E-state index < -0.39 is 0 Å². The molecule has 0 unspecified atom stereocenters. The Bertz CT molecular complexity index is 259. The van der Waals surface area contributed by atoms with Crippen molar-refractivity contribution in [3.05, 3.63) is 10.4 Å². The molecule has 0 heterocycles. The highest BCUT2D eigenvalue weighted by atomic mass is 16.6. The minimum absolute atomic E-state index is 0.0872. The molecule has 0 fully saturated rings. The Hall–Kier alpha value is -0.930. The van der Waals surface area contributed by atoms with E-state index in [1.165, 1.54) is 0 Å². The molecule has 9 heteroatoms. The summed E-state index contributed by atoms with van der Waals surface area (Å²) < 4.78 is 20.9. The van der Waals surface area contributed by atoms with Crippen molar-refractivity contribution in [2.24, 2.45) is 11.0 Å². The summed E-state index contributed by atoms with van der Waals surface area (Å²) in [4.78, 5) is 2.61. The SMILES string of the molecule is [N-]=[N+]=NCCOCCOCCOCCOCC(CO)CO. The Kier molecular flexibility index (Phi) is 16.4. The van der Waals surface area contributed by atoms with Crippen molar-refractivity contribution < 1.29 is 29.2 Å². The molecule has 2 N–H and O–H groups in total. The van der Waals surface area contributed by atoms with E-state index in [1.54, 1.807) is 0 Å². The zero-order chi connectivity index (χ0) is 15.6. The molecule has 9 nitrogen and oxygen atoms in total. The Balaban J connectivity index is 3.07. The molecule has 0 spiro atoms. The van der Waals surface area contributed by atoms with Crippen molar-refractivity contribution in [3.63, 3.8) is 0 Å². The fourth-order valence-electron chi connectivity index (χ4n) is 1.22. The predicted molar refractivity (Wildman–Crippen MR) is 75.0 cm³/mol. The maximum absolute atomic E-state index is 8.81. The van der Waals surface area contributed by atoms with Crippen LogP contribution in [0.3, 0.4) is 0 Å². The smallest absolute Gasteiger partial charge is 0.0701 e. The second-order valence-electron chi connectivity index (χ2n) is 4.10. The van der Waals surface area contributed by atoms with Crippen LogP contribution in [0.15, 0.2) is 5.11 Å². The second-order valence-corrected chi connectivity index (χ2v) is 4.10. The van der Waals surface area contributed by atoms with Gasteiger partial charge >= 0.3 is 0 Å². The van der Waals surface area contributed by atoms with Gasteiger partial charge in [0.25, 0.3) is 0 Å². The van der Waals surface area contributed by atoms with Crippen LogP contribution in [0.25, 0.3) is 10.4 Å². The lowest BCUT2D eigenvalue weighted by Gasteiger charge is -2.11. The summed E-state index contributed by atoms with van der Waals surface area (Å²) in [7, 11) is 0. The number of hydrogen-bond acceptors (Lipinski definition) is 7. The van der Waals surface area contributed by atoms with Crippen LogP contribution < -0.4 is 0 Å². The van der Waals surface area contributed by atoms with Crippen LogP contribution in [0, 0.1) is 5.92 Å². The molecule has 0 rings (SSSR count). The van der Waals surface area contributed by atoms with Crippen LogP contribution in [-0.4, -0.2) is 82.8 Å². The number of azide groups is 1. The average Bonchev–Trinajstić information content (AvgIpc) is 2.51. The quantitative estimate of drug-likeness (QED) is 0.178. The number of rotatable bonds is 16. The summed E-state index contributed by atoms with van der Waals surface area (Å²) >= 11 is 0. The van der Waals surface area contributed by atoms with Gasteiger partial charge in [0.15, 0.2) is 0 Å². The first-order chi connectivity index (χ1) is 10.3. The molecule has 0 bridgehead atoms. The number of aliphatic hydroxyl groups is 2. The lowest BCUT2D eigenvalue weighted by Crippen LogP contribution is -2.19. The summed E-state index contributed by atoms with van der Waals surface area (Å²) in [5.41, 5.74) is 8.03. The van der Waals surface area contributed by atoms with E-state index in [1.807, 2.05) is 0 Å². The van der Waals surface area contributed by atoms with Gasteiger partial charge < -0.3 is 29.2 Å². The van der Waals surface area contributed by atoms with Crippen molar-refractivity contribution >= 4 is 0 Å². The monoisotopic (exact) mass is 307 g/mol. The maximum Gasteiger partial charge on any atom is 0.0701 e. The standard InChI is InChI=1S/C12H25N3O6/c13-15-14-1-2-18-3-4-19-5-6-20-7-8-21-11-12(9-16)10-17/h12,16-17H,1-11H2. The lowest BCUT2D eigenvalue weighted by atomic mass is 10.2. The summed E-state index contributed by atoms with van der Waals surface area (Å²) in [6.07, 6.45) is 0. The van der Waals surface area contributed by atoms with Gasteiger partial charge in [0.1, 0.15) is 0 Å². The number of nitrogens with zero attached hydrogens (tertiary/aromatic N) is 3. The molecule has 0 saturated heterocycles. The van der Waals surface area contributed by atoms with Gasteiger partial charge in [-0.1, -0.05) is 5.11 Å². The molecule has 0 saturated carbocycles. The zero-order valence-corrected chi connectivity index (χ0v) is 12.2. The first-order valence-corrected chi connectivity index (χ1v) is 6.88. The summed E-state index contributed by atoms with van der Waals surface area (Å²) in [6.45, 7) is 3.57. The number of aliphatic hydroxyl groups excluding tert-OH is 2. The van der Waals surface area contributed by atoms with E-state index >= 15 is 0 Å². The molecule has 21 heavy (non-hydrogen) atoms. The van der Waals surface area contributed by atoms with Crippen molar-refractivity contribution in [1.29, 1.82) is 0 Å². The summed E-state index contributed by atoms with van der Waals surface area (Å²) in [5, 5.41) is 21.0. The molecular formula is C12H25N3O6. The largest absolute Gasteiger partial charge is 0.396 e. The van der Waals surface area contributed by atoms with Gasteiger partial charge in [-0.3, -0.25) is 0 Å². The van der Waals surface area contributed by atoms with E-state index in [0.29, 0.717) is 59.4 Å². The molecule has 0 aliphatic carbocycles. The summed E-state index contributed by atoms with van der Waals surface area (Å²) in [6, 6.07) is 0. The van der Waals surface area contributed by atoms with Crippen molar-refractivity contribution in [1.82, 2.24) is 0 Å². The first-order valence-electron chi connectivity index (χ1n) is 6.88. The molecule has 0 atom stereocenters. The van der Waals surface area contributed by atoms with E-state index in [-0.39, 0.29) is 19.1 Å². The highest BCUT2D eigenvalue weighted by molar-refractivity contribution is 4.52. The van der Waals surface area contributed by atoms with Crippen molar-refractivity contribution in [2.75, 3.05) is 72.6 Å². The maximum atomic E-state index is 8.81. The fourth-order valence-corrected chi connectivity index (χ4v) is 1.22. The van der Waals surface area contributed by atoms with E-state index in [9.17, 15) is 0 Å². The van der Waals surface area contributed by atoms with Gasteiger partial charge in [0.05, 0.1) is 66.1 Å². The Morgan fingerprint density at radius 1 is 0.810 bits per heavy atom. The third kappa shape index (κ3) is 15.3. The third-order valence-electron chi connectivity index (χ3n) is 2.38. The molecule has 0 aromatic carbocycles. The Morgan fingerprint density at radius 2 is 1.29 bits per heavy atom. The van der Waals surface area contributed by atoms with Gasteiger partial charge in [-0.25, -0.2) is 0 Å². The zero-order valence-electron chi connectivity index (χ0n) is 12.2. The molecule has 124 valence electrons. The van der Waals surface area contributed by atoms with Gasteiger partial charge in [0, 0.05) is 17.4 Å². The van der Waals surface area contributed by atoms with Crippen LogP contribution in [0.4, 0.5) is 0 Å². The Labute approximate surface area is 124 Å². The normalized spacial score (nSPS) is 10.8. The topological polar surface area (TPSA) is 126 Å². The molecule has 0 aromatic heterocycles. The lowest BCUT2D eigenvalue weighted by molar-refractivity contribution is -0.0128. The van der Waals surface area contributed by atoms with E-state index in [2.05, 4.69) is 10.0 Å². The minimum atomic E-state index is -0.229. The van der Waals surface area contributed by atoms with Crippen LogP contribution in [0.2, 0.25) is 0 Å². The fraction of sp³-hybridized carbons (Fsp3) is 1.00. The molecule has 0 radical (unpaired) electrons. The molecule has 0 aliphatic heterocycles. The van der Waals surface area contributed by atoms with Crippen LogP contribution >= 0.6 is 0 Å². The molecular weight excluding hydrogens is 282 g/mol. The number of hydrogen-bond donors (Lipinski definition) is 2. The molecule has 0 amide bonds. The van der Waals surface area contributed by atoms with Gasteiger partial charge in [0.2, 0.25) is 0 Å². The Morgan fingerprint density at radius 3 is 1.76 bits per heavy atom. The van der Waals surface area contributed by atoms with Crippen LogP contribution in [0.1, 0.15) is 0 Å². The van der Waals surface area contributed by atoms with Gasteiger partial charge in [-0.15, -0.1) is 0 Å². The summed E-state index contributed by atoms with van der Waals surface area (Å²) in [5.74, 6) is -0.229. The number of ether oxygens (including phenoxy) is 4. The highest BCUT2D eigenvalue weighted by Crippen LogP contribution is 1.94. The van der Waals surface area contributed by atoms with Crippen molar-refractivity contribution in [2.45, 2.75) is 0 Å². The predicted octanol–water partition coefficient (Wildman–Crippen LogP) is -0.0361. The first kappa shape index (κ1) is 20.1. The van der Waals surface area contributed by atoms with E-state index in [0.717, 1.165) is 0 Å². The third-order valence-corrected chi connectivity index (χ3v) is 2.38. The average molecular weight is 307 g/mol. The molecule has 0 aromatic rings. The minimum Gasteiger partial charge on any atom is -0.396 e. The molecule has 0 aliphatic rings. The van der Waals surface area contributed by atoms with Crippen molar-refractivity contribution in [3.8, 4) is 0 Å². The highest BCUT2D eigenvalue weighted by Gasteiger charge is 2.04. The van der Waals surface area contributed by atoms with Crippen LogP contribution in [-0.2, 0) is 18.9 Å². The van der Waals surface area contributed by atoms with Gasteiger partial charge in [-0.2, -0.15) is 0 Å². The van der Waals surface area contributed by atoms with Crippen LogP contribution in [0.5, 0.6) is 0 Å². The second kappa shape index (κ2) is 17.1.